The number of aryl methyl sites for hydroxylation is 1. The Morgan fingerprint density at radius 1 is 1.18 bits per heavy atom. The number of hydrogen-bond acceptors (Lipinski definition) is 5. The topological polar surface area (TPSA) is 65.6 Å². The lowest BCUT2D eigenvalue weighted by Crippen LogP contribution is -2.33. The highest BCUT2D eigenvalue weighted by molar-refractivity contribution is 6.01. The Balaban J connectivity index is 1.46. The fraction of sp³-hybridized carbons (Fsp3) is 0.381. The number of hydrazine groups is 1. The van der Waals surface area contributed by atoms with Gasteiger partial charge in [0, 0.05) is 43.0 Å². The maximum absolute atomic E-state index is 13.9. The van der Waals surface area contributed by atoms with Gasteiger partial charge in [-0.3, -0.25) is 15.6 Å². The Kier molecular flexibility index (Phi) is 5.19. The van der Waals surface area contributed by atoms with Crippen LogP contribution in [0.5, 0.6) is 5.75 Å². The summed E-state index contributed by atoms with van der Waals surface area (Å²) in [6.45, 7) is 4.55. The number of rotatable bonds is 5. The summed E-state index contributed by atoms with van der Waals surface area (Å²) < 4.78 is 18.8. The molecule has 2 aromatic rings. The number of amides is 1. The minimum absolute atomic E-state index is 0.00701. The summed E-state index contributed by atoms with van der Waals surface area (Å²) in [5.74, 6) is 0.195. The first kappa shape index (κ1) is 18.7. The normalized spacial score (nSPS) is 20.0. The first-order valence-electron chi connectivity index (χ1n) is 9.54. The molecule has 0 spiro atoms. The largest absolute Gasteiger partial charge is 0.494 e. The number of carbonyl (C=O) groups is 1. The molecule has 0 aromatic heterocycles. The predicted octanol–water partition coefficient (Wildman–Crippen LogP) is 2.55. The molecule has 1 unspecified atom stereocenters. The summed E-state index contributed by atoms with van der Waals surface area (Å²) in [6, 6.07) is 10.5. The van der Waals surface area contributed by atoms with E-state index in [2.05, 4.69) is 35.2 Å². The Bertz CT molecular complexity index is 883. The second-order valence-corrected chi connectivity index (χ2v) is 7.32. The van der Waals surface area contributed by atoms with Crippen LogP contribution < -0.4 is 25.8 Å². The molecular formula is C21H25FN4O2. The van der Waals surface area contributed by atoms with Crippen LogP contribution in [0.15, 0.2) is 36.4 Å². The second kappa shape index (κ2) is 7.77. The van der Waals surface area contributed by atoms with Gasteiger partial charge in [0.15, 0.2) is 11.6 Å². The molecule has 148 valence electrons. The number of carbonyl (C=O) groups excluding carboxylic acids is 1. The lowest BCUT2D eigenvalue weighted by atomic mass is 9.95. The van der Waals surface area contributed by atoms with Crippen LogP contribution in [0.1, 0.15) is 23.5 Å². The lowest BCUT2D eigenvalue weighted by Gasteiger charge is -2.20. The van der Waals surface area contributed by atoms with Gasteiger partial charge in [-0.2, -0.15) is 0 Å². The number of benzene rings is 2. The molecule has 2 fully saturated rings. The lowest BCUT2D eigenvalue weighted by molar-refractivity contribution is -0.117. The van der Waals surface area contributed by atoms with Gasteiger partial charge >= 0.3 is 0 Å². The van der Waals surface area contributed by atoms with E-state index in [4.69, 9.17) is 4.74 Å². The monoisotopic (exact) mass is 384 g/mol. The Morgan fingerprint density at radius 2 is 1.96 bits per heavy atom. The van der Waals surface area contributed by atoms with Crippen molar-refractivity contribution in [3.8, 4) is 5.75 Å². The van der Waals surface area contributed by atoms with Crippen LogP contribution >= 0.6 is 0 Å². The minimum atomic E-state index is -0.447. The molecular weight excluding hydrogens is 359 g/mol. The van der Waals surface area contributed by atoms with Crippen molar-refractivity contribution in [2.24, 2.45) is 0 Å². The average molecular weight is 384 g/mol. The van der Waals surface area contributed by atoms with Crippen LogP contribution in [0, 0.1) is 12.7 Å². The molecule has 0 saturated carbocycles. The van der Waals surface area contributed by atoms with Gasteiger partial charge in [-0.25, -0.2) is 4.39 Å². The highest BCUT2D eigenvalue weighted by Crippen LogP contribution is 2.29. The summed E-state index contributed by atoms with van der Waals surface area (Å²) >= 11 is 0. The first-order valence-corrected chi connectivity index (χ1v) is 9.54. The van der Waals surface area contributed by atoms with E-state index in [0.717, 1.165) is 18.8 Å². The number of hydrogen-bond donors (Lipinski definition) is 3. The highest BCUT2D eigenvalue weighted by atomic mass is 19.1. The van der Waals surface area contributed by atoms with Gasteiger partial charge in [-0.1, -0.05) is 6.07 Å². The van der Waals surface area contributed by atoms with Gasteiger partial charge in [-0.05, 0) is 48.7 Å². The van der Waals surface area contributed by atoms with Gasteiger partial charge in [0.2, 0.25) is 5.91 Å². The summed E-state index contributed by atoms with van der Waals surface area (Å²) in [6.07, 6.45) is 0.670. The third-order valence-corrected chi connectivity index (χ3v) is 5.53. The van der Waals surface area contributed by atoms with Crippen molar-refractivity contribution in [2.45, 2.75) is 25.3 Å². The zero-order valence-electron chi connectivity index (χ0n) is 16.1. The quantitative estimate of drug-likeness (QED) is 0.739. The smallest absolute Gasteiger partial charge is 0.249 e. The van der Waals surface area contributed by atoms with E-state index in [1.165, 1.54) is 24.3 Å². The molecule has 0 aliphatic carbocycles. The van der Waals surface area contributed by atoms with Crippen LogP contribution in [0.3, 0.4) is 0 Å². The van der Waals surface area contributed by atoms with E-state index in [1.54, 1.807) is 17.0 Å². The number of halogens is 1. The second-order valence-electron chi connectivity index (χ2n) is 7.32. The van der Waals surface area contributed by atoms with Crippen molar-refractivity contribution in [1.82, 2.24) is 10.9 Å². The van der Waals surface area contributed by atoms with Crippen molar-refractivity contribution in [3.63, 3.8) is 0 Å². The molecule has 2 heterocycles. The molecule has 6 nitrogen and oxygen atoms in total. The minimum Gasteiger partial charge on any atom is -0.494 e. The zero-order chi connectivity index (χ0) is 19.7. The van der Waals surface area contributed by atoms with E-state index < -0.39 is 5.82 Å². The van der Waals surface area contributed by atoms with E-state index in [1.807, 2.05) is 6.07 Å². The summed E-state index contributed by atoms with van der Waals surface area (Å²) in [5.41, 5.74) is 10.3. The molecule has 1 amide bonds. The Labute approximate surface area is 164 Å². The Hall–Kier alpha value is -2.64. The van der Waals surface area contributed by atoms with E-state index >= 15 is 0 Å². The number of methoxy groups -OCH3 is 1. The van der Waals surface area contributed by atoms with Crippen molar-refractivity contribution < 1.29 is 13.9 Å². The van der Waals surface area contributed by atoms with Crippen molar-refractivity contribution in [3.05, 3.63) is 53.3 Å². The third kappa shape index (κ3) is 3.55. The number of anilines is 2. The van der Waals surface area contributed by atoms with Gasteiger partial charge in [0.1, 0.15) is 6.04 Å². The Morgan fingerprint density at radius 3 is 2.64 bits per heavy atom. The van der Waals surface area contributed by atoms with Crippen molar-refractivity contribution >= 4 is 17.3 Å². The van der Waals surface area contributed by atoms with E-state index in [9.17, 15) is 9.18 Å². The van der Waals surface area contributed by atoms with Crippen LogP contribution in [-0.2, 0) is 4.79 Å². The molecule has 0 bridgehead atoms. The van der Waals surface area contributed by atoms with Crippen LogP contribution in [0.2, 0.25) is 0 Å². The number of nitrogens with zero attached hydrogens (tertiary/aromatic N) is 1. The van der Waals surface area contributed by atoms with E-state index in [0.29, 0.717) is 24.6 Å². The number of nitrogens with one attached hydrogen (secondary N) is 3. The van der Waals surface area contributed by atoms with Crippen LogP contribution in [0.25, 0.3) is 0 Å². The standard InChI is InChI=1S/C21H25FN4O2/c1-13-9-16(4-5-17(13)14-11-23-24-12-14)26-8-7-19(21(26)27)25-15-3-6-20(28-2)18(22)10-15/h3-6,9-10,14,19,23-25H,7-8,11-12H2,1-2H3. The molecule has 3 N–H and O–H groups in total. The SMILES string of the molecule is COc1ccc(NC2CCN(c3ccc(C4CNNC4)c(C)c3)C2=O)cc1F. The molecule has 4 rings (SSSR count). The highest BCUT2D eigenvalue weighted by Gasteiger charge is 2.33. The fourth-order valence-corrected chi connectivity index (χ4v) is 4.00. The summed E-state index contributed by atoms with van der Waals surface area (Å²) in [4.78, 5) is 14.7. The molecule has 1 atom stereocenters. The zero-order valence-corrected chi connectivity index (χ0v) is 16.1. The summed E-state index contributed by atoms with van der Waals surface area (Å²) in [7, 11) is 1.43. The van der Waals surface area contributed by atoms with Crippen LogP contribution in [-0.4, -0.2) is 38.7 Å². The molecule has 0 radical (unpaired) electrons. The molecule has 2 aromatic carbocycles. The molecule has 28 heavy (non-hydrogen) atoms. The van der Waals surface area contributed by atoms with Crippen molar-refractivity contribution in [1.29, 1.82) is 0 Å². The van der Waals surface area contributed by atoms with Crippen molar-refractivity contribution in [2.75, 3.05) is 37.0 Å². The maximum atomic E-state index is 13.9. The predicted molar refractivity (Wildman–Crippen MR) is 107 cm³/mol. The van der Waals surface area contributed by atoms with E-state index in [-0.39, 0.29) is 17.7 Å². The van der Waals surface area contributed by atoms with Gasteiger partial charge < -0.3 is 15.0 Å². The number of ether oxygens (including phenoxy) is 1. The van der Waals surface area contributed by atoms with Crippen LogP contribution in [0.4, 0.5) is 15.8 Å². The third-order valence-electron chi connectivity index (χ3n) is 5.53. The molecule has 7 heteroatoms. The molecule has 2 saturated heterocycles. The first-order chi connectivity index (χ1) is 13.6. The fourth-order valence-electron chi connectivity index (χ4n) is 4.00. The summed E-state index contributed by atoms with van der Waals surface area (Å²) in [5, 5.41) is 3.15. The van der Waals surface area contributed by atoms with Gasteiger partial charge in [-0.15, -0.1) is 0 Å². The van der Waals surface area contributed by atoms with Gasteiger partial charge in [0.25, 0.3) is 0 Å². The molecule has 2 aliphatic rings. The maximum Gasteiger partial charge on any atom is 0.249 e. The average Bonchev–Trinajstić information content (AvgIpc) is 3.33. The molecule has 2 aliphatic heterocycles. The van der Waals surface area contributed by atoms with Gasteiger partial charge in [0.05, 0.1) is 7.11 Å².